The Bertz CT molecular complexity index is 911. The fourth-order valence-corrected chi connectivity index (χ4v) is 3.38. The van der Waals surface area contributed by atoms with Crippen molar-refractivity contribution in [2.24, 2.45) is 0 Å². The van der Waals surface area contributed by atoms with Gasteiger partial charge in [0.2, 0.25) is 11.1 Å². The van der Waals surface area contributed by atoms with Crippen LogP contribution in [-0.4, -0.2) is 32.9 Å². The predicted octanol–water partition coefficient (Wildman–Crippen LogP) is 3.35. The number of carbonyl (C=O) groups excluding carboxylic acids is 1. The molecule has 2 heterocycles. The van der Waals surface area contributed by atoms with Crippen LogP contribution in [0.1, 0.15) is 0 Å². The molecular weight excluding hydrogens is 403 g/mol. The molecule has 2 aromatic heterocycles. The molecule has 3 N–H and O–H groups in total. The second kappa shape index (κ2) is 7.88. The van der Waals surface area contributed by atoms with Gasteiger partial charge in [0.05, 0.1) is 10.6 Å². The average molecular weight is 415 g/mol. The number of ether oxygens (including phenoxy) is 1. The monoisotopic (exact) mass is 415 g/mol. The molecule has 0 radical (unpaired) electrons. The molecule has 0 saturated carbocycles. The van der Waals surface area contributed by atoms with Gasteiger partial charge in [-0.3, -0.25) is 4.79 Å². The highest BCUT2D eigenvalue weighted by molar-refractivity contribution is 7.99. The van der Waals surface area contributed by atoms with Gasteiger partial charge >= 0.3 is 6.36 Å². The maximum Gasteiger partial charge on any atom is 0.573 e. The molecule has 27 heavy (non-hydrogen) atoms. The minimum atomic E-state index is -4.76. The highest BCUT2D eigenvalue weighted by Crippen LogP contribution is 2.26. The summed E-state index contributed by atoms with van der Waals surface area (Å²) in [5, 5.41) is 12.8. The van der Waals surface area contributed by atoms with E-state index in [4.69, 9.17) is 5.84 Å². The lowest BCUT2D eigenvalue weighted by Gasteiger charge is -2.09. The minimum absolute atomic E-state index is 0.000572. The second-order valence-electron chi connectivity index (χ2n) is 5.06. The summed E-state index contributed by atoms with van der Waals surface area (Å²) in [6.07, 6.45) is -4.76. The zero-order chi connectivity index (χ0) is 19.4. The van der Waals surface area contributed by atoms with Gasteiger partial charge in [-0.15, -0.1) is 34.7 Å². The number of rotatable bonds is 6. The smallest absolute Gasteiger partial charge is 0.406 e. The molecule has 0 aliphatic carbocycles. The van der Waals surface area contributed by atoms with Crippen LogP contribution in [0.2, 0.25) is 0 Å². The van der Waals surface area contributed by atoms with E-state index in [0.29, 0.717) is 16.7 Å². The molecule has 0 bridgehead atoms. The van der Waals surface area contributed by atoms with Crippen LogP contribution in [0.4, 0.5) is 18.9 Å². The molecule has 3 rings (SSSR count). The van der Waals surface area contributed by atoms with Crippen molar-refractivity contribution < 1.29 is 22.7 Å². The number of anilines is 1. The molecule has 0 aliphatic heterocycles. The van der Waals surface area contributed by atoms with E-state index in [2.05, 4.69) is 20.3 Å². The number of benzene rings is 1. The van der Waals surface area contributed by atoms with Crippen molar-refractivity contribution in [3.05, 3.63) is 41.8 Å². The van der Waals surface area contributed by atoms with Crippen LogP contribution in [0, 0.1) is 0 Å². The molecule has 7 nitrogen and oxygen atoms in total. The summed E-state index contributed by atoms with van der Waals surface area (Å²) in [5.74, 6) is 5.70. The minimum Gasteiger partial charge on any atom is -0.406 e. The highest BCUT2D eigenvalue weighted by atomic mass is 32.2. The van der Waals surface area contributed by atoms with Crippen molar-refractivity contribution in [1.29, 1.82) is 0 Å². The first-order valence-corrected chi connectivity index (χ1v) is 9.21. The highest BCUT2D eigenvalue weighted by Gasteiger charge is 2.30. The molecular formula is C15H12F3N5O2S2. The van der Waals surface area contributed by atoms with Gasteiger partial charge in [-0.1, -0.05) is 17.8 Å². The fraction of sp³-hybridized carbons (Fsp3) is 0.133. The van der Waals surface area contributed by atoms with Crippen LogP contribution in [0.25, 0.3) is 10.7 Å². The van der Waals surface area contributed by atoms with Crippen molar-refractivity contribution in [3.8, 4) is 16.5 Å². The Morgan fingerprint density at radius 1 is 1.26 bits per heavy atom. The average Bonchev–Trinajstić information content (AvgIpc) is 3.23. The lowest BCUT2D eigenvalue weighted by atomic mass is 10.3. The van der Waals surface area contributed by atoms with E-state index in [1.165, 1.54) is 28.1 Å². The van der Waals surface area contributed by atoms with Gasteiger partial charge in [0, 0.05) is 5.69 Å². The first-order chi connectivity index (χ1) is 12.8. The summed E-state index contributed by atoms with van der Waals surface area (Å²) < 4.78 is 41.4. The normalized spacial score (nSPS) is 11.4. The third kappa shape index (κ3) is 5.14. The van der Waals surface area contributed by atoms with E-state index in [1.54, 1.807) is 0 Å². The van der Waals surface area contributed by atoms with Gasteiger partial charge in [0.1, 0.15) is 5.75 Å². The summed E-state index contributed by atoms with van der Waals surface area (Å²) in [7, 11) is 0. The van der Waals surface area contributed by atoms with E-state index in [1.807, 2.05) is 17.5 Å². The quantitative estimate of drug-likeness (QED) is 0.474. The zero-order valence-corrected chi connectivity index (χ0v) is 15.1. The van der Waals surface area contributed by atoms with Gasteiger partial charge < -0.3 is 15.9 Å². The third-order valence-corrected chi connectivity index (χ3v) is 4.92. The SMILES string of the molecule is Nn1c(SCC(=O)Nc2ccc(OC(F)(F)F)cc2)nnc1-c1cccs1. The number of halogens is 3. The van der Waals surface area contributed by atoms with E-state index in [0.717, 1.165) is 28.8 Å². The predicted molar refractivity (Wildman–Crippen MR) is 96.0 cm³/mol. The first kappa shape index (κ1) is 19.0. The van der Waals surface area contributed by atoms with Gasteiger partial charge in [-0.25, -0.2) is 4.68 Å². The number of hydrogen-bond acceptors (Lipinski definition) is 7. The van der Waals surface area contributed by atoms with E-state index in [-0.39, 0.29) is 17.4 Å². The molecule has 0 fully saturated rings. The third-order valence-electron chi connectivity index (χ3n) is 3.11. The Balaban J connectivity index is 1.54. The molecule has 1 amide bonds. The van der Waals surface area contributed by atoms with Gasteiger partial charge in [-0.05, 0) is 35.7 Å². The van der Waals surface area contributed by atoms with Crippen LogP contribution < -0.4 is 15.9 Å². The number of nitrogens with two attached hydrogens (primary N) is 1. The number of amides is 1. The molecule has 142 valence electrons. The molecule has 0 spiro atoms. The summed E-state index contributed by atoms with van der Waals surface area (Å²) >= 11 is 2.55. The molecule has 3 aromatic rings. The largest absolute Gasteiger partial charge is 0.573 e. The molecule has 0 unspecified atom stereocenters. The van der Waals surface area contributed by atoms with Crippen molar-refractivity contribution in [2.45, 2.75) is 11.5 Å². The lowest BCUT2D eigenvalue weighted by Crippen LogP contribution is -2.17. The summed E-state index contributed by atoms with van der Waals surface area (Å²) in [6.45, 7) is 0. The molecule has 0 aliphatic rings. The van der Waals surface area contributed by atoms with E-state index in [9.17, 15) is 18.0 Å². The van der Waals surface area contributed by atoms with Crippen molar-refractivity contribution >= 4 is 34.7 Å². The van der Waals surface area contributed by atoms with Gasteiger partial charge in [-0.2, -0.15) is 0 Å². The molecule has 0 atom stereocenters. The second-order valence-corrected chi connectivity index (χ2v) is 6.95. The Labute approximate surface area is 159 Å². The molecule has 12 heteroatoms. The number of thioether (sulfide) groups is 1. The number of hydrogen-bond donors (Lipinski definition) is 2. The number of alkyl halides is 3. The maximum absolute atomic E-state index is 12.1. The van der Waals surface area contributed by atoms with Crippen LogP contribution in [0.5, 0.6) is 5.75 Å². The Morgan fingerprint density at radius 2 is 2.00 bits per heavy atom. The van der Waals surface area contributed by atoms with E-state index < -0.39 is 6.36 Å². The number of nitrogens with zero attached hydrogens (tertiary/aromatic N) is 3. The van der Waals surface area contributed by atoms with Crippen LogP contribution in [0.15, 0.2) is 46.9 Å². The Hall–Kier alpha value is -2.73. The molecule has 1 aromatic carbocycles. The summed E-state index contributed by atoms with van der Waals surface area (Å²) in [6, 6.07) is 8.55. The van der Waals surface area contributed by atoms with Gasteiger partial charge in [0.25, 0.3) is 0 Å². The fourth-order valence-electron chi connectivity index (χ4n) is 2.02. The number of carbonyl (C=O) groups is 1. The van der Waals surface area contributed by atoms with Crippen LogP contribution in [-0.2, 0) is 4.79 Å². The number of nitrogens with one attached hydrogen (secondary N) is 1. The topological polar surface area (TPSA) is 95.1 Å². The zero-order valence-electron chi connectivity index (χ0n) is 13.4. The Morgan fingerprint density at radius 3 is 2.63 bits per heavy atom. The van der Waals surface area contributed by atoms with Crippen molar-refractivity contribution in [1.82, 2.24) is 14.9 Å². The van der Waals surface area contributed by atoms with Gasteiger partial charge in [0.15, 0.2) is 5.82 Å². The van der Waals surface area contributed by atoms with E-state index >= 15 is 0 Å². The van der Waals surface area contributed by atoms with Crippen LogP contribution in [0.3, 0.4) is 0 Å². The number of nitrogen functional groups attached to an aromatic ring is 1. The number of thiophene rings is 1. The Kier molecular flexibility index (Phi) is 5.56. The van der Waals surface area contributed by atoms with Crippen molar-refractivity contribution in [3.63, 3.8) is 0 Å². The standard InChI is InChI=1S/C15H12F3N5O2S2/c16-15(17,18)25-10-5-3-9(4-6-10)20-12(24)8-27-14-22-21-13(23(14)19)11-2-1-7-26-11/h1-7H,8,19H2,(H,20,24). The number of aromatic nitrogens is 3. The van der Waals surface area contributed by atoms with Crippen LogP contribution >= 0.6 is 23.1 Å². The lowest BCUT2D eigenvalue weighted by molar-refractivity contribution is -0.274. The summed E-state index contributed by atoms with van der Waals surface area (Å²) in [4.78, 5) is 12.9. The first-order valence-electron chi connectivity index (χ1n) is 7.34. The summed E-state index contributed by atoms with van der Waals surface area (Å²) in [5.41, 5.74) is 0.337. The maximum atomic E-state index is 12.1. The molecule has 0 saturated heterocycles. The van der Waals surface area contributed by atoms with Crippen molar-refractivity contribution in [2.75, 3.05) is 16.9 Å².